The fraction of sp³-hybridized carbons (Fsp3) is 0. The van der Waals surface area contributed by atoms with Crippen LogP contribution in [0.15, 0.2) is 72.0 Å². The zero-order valence-electron chi connectivity index (χ0n) is 12.6. The first-order chi connectivity index (χ1) is 11.6. The molecule has 0 bridgehead atoms. The lowest BCUT2D eigenvalue weighted by Crippen LogP contribution is -2.34. The number of hydrazine groups is 1. The van der Waals surface area contributed by atoms with Crippen molar-refractivity contribution in [1.82, 2.24) is 5.43 Å². The Balaban J connectivity index is 1.76. The Kier molecular flexibility index (Phi) is 3.98. The number of amides is 1. The van der Waals surface area contributed by atoms with Gasteiger partial charge in [-0.2, -0.15) is 5.10 Å². The summed E-state index contributed by atoms with van der Waals surface area (Å²) in [4.78, 5) is 23.3. The number of para-hydroxylation sites is 1. The molecule has 7 nitrogen and oxygen atoms in total. The minimum atomic E-state index is -1.00. The van der Waals surface area contributed by atoms with E-state index in [9.17, 15) is 9.59 Å². The summed E-state index contributed by atoms with van der Waals surface area (Å²) in [6.07, 6.45) is 0. The molecule has 1 aliphatic heterocycles. The van der Waals surface area contributed by atoms with Gasteiger partial charge in [0.2, 0.25) is 0 Å². The number of hydrazone groups is 1. The Morgan fingerprint density at radius 3 is 2.42 bits per heavy atom. The van der Waals surface area contributed by atoms with Crippen molar-refractivity contribution in [3.05, 3.63) is 72.4 Å². The van der Waals surface area contributed by atoms with Crippen molar-refractivity contribution in [3.63, 3.8) is 0 Å². The molecule has 0 radical (unpaired) electrons. The van der Waals surface area contributed by atoms with Gasteiger partial charge in [0.15, 0.2) is 5.71 Å². The highest BCUT2D eigenvalue weighted by Crippen LogP contribution is 2.18. The van der Waals surface area contributed by atoms with Crippen molar-refractivity contribution in [3.8, 4) is 0 Å². The molecule has 1 heterocycles. The molecule has 0 spiro atoms. The van der Waals surface area contributed by atoms with Gasteiger partial charge in [-0.1, -0.05) is 24.8 Å². The maximum atomic E-state index is 12.4. The normalized spacial score (nSPS) is 15.5. The largest absolute Gasteiger partial charge is 0.478 e. The van der Waals surface area contributed by atoms with Gasteiger partial charge in [-0.3, -0.25) is 15.6 Å². The first kappa shape index (κ1) is 15.3. The van der Waals surface area contributed by atoms with Gasteiger partial charge < -0.3 is 5.11 Å². The van der Waals surface area contributed by atoms with Crippen molar-refractivity contribution in [2.24, 2.45) is 5.10 Å². The van der Waals surface area contributed by atoms with Gasteiger partial charge in [-0.05, 0) is 36.4 Å². The zero-order chi connectivity index (χ0) is 17.1. The fourth-order valence-electron chi connectivity index (χ4n) is 2.16. The molecular weight excluding hydrogens is 308 g/mol. The second-order valence-corrected chi connectivity index (χ2v) is 5.02. The number of rotatable bonds is 4. The number of carbonyl (C=O) groups excluding carboxylic acids is 1. The highest BCUT2D eigenvalue weighted by atomic mass is 16.4. The summed E-state index contributed by atoms with van der Waals surface area (Å²) in [6.45, 7) is 3.79. The van der Waals surface area contributed by atoms with E-state index in [0.717, 1.165) is 0 Å². The van der Waals surface area contributed by atoms with E-state index in [1.54, 1.807) is 24.3 Å². The van der Waals surface area contributed by atoms with Crippen molar-refractivity contribution in [2.75, 3.05) is 10.4 Å². The van der Waals surface area contributed by atoms with E-state index >= 15 is 0 Å². The number of carboxylic acids is 1. The van der Waals surface area contributed by atoms with Crippen molar-refractivity contribution < 1.29 is 14.7 Å². The number of hydrogen-bond donors (Lipinski definition) is 3. The van der Waals surface area contributed by atoms with E-state index in [2.05, 4.69) is 22.5 Å². The second-order valence-electron chi connectivity index (χ2n) is 5.02. The van der Waals surface area contributed by atoms with Gasteiger partial charge in [-0.25, -0.2) is 9.80 Å². The molecule has 120 valence electrons. The molecule has 2 aromatic carbocycles. The second kappa shape index (κ2) is 6.25. The summed E-state index contributed by atoms with van der Waals surface area (Å²) in [5, 5.41) is 14.3. The number of nitrogens with one attached hydrogen (secondary N) is 2. The van der Waals surface area contributed by atoms with Crippen LogP contribution in [0.5, 0.6) is 0 Å². The molecule has 1 amide bonds. The zero-order valence-corrected chi connectivity index (χ0v) is 12.6. The van der Waals surface area contributed by atoms with E-state index in [4.69, 9.17) is 5.11 Å². The molecule has 1 aliphatic rings. The number of carboxylic acid groups (broad SMARTS) is 1. The molecule has 0 aromatic heterocycles. The fourth-order valence-corrected chi connectivity index (χ4v) is 2.16. The number of aromatic carboxylic acids is 1. The lowest BCUT2D eigenvalue weighted by molar-refractivity contribution is -0.112. The smallest absolute Gasteiger partial charge is 0.335 e. The number of anilines is 2. The molecule has 3 rings (SSSR count). The maximum Gasteiger partial charge on any atom is 0.335 e. The number of benzene rings is 2. The van der Waals surface area contributed by atoms with Gasteiger partial charge in [0.05, 0.1) is 22.6 Å². The molecule has 0 aliphatic carbocycles. The highest BCUT2D eigenvalue weighted by Gasteiger charge is 2.32. The number of hydrogen-bond acceptors (Lipinski definition) is 5. The van der Waals surface area contributed by atoms with Gasteiger partial charge in [0.25, 0.3) is 5.91 Å². The third-order valence-corrected chi connectivity index (χ3v) is 3.38. The topological polar surface area (TPSA) is 94.0 Å². The van der Waals surface area contributed by atoms with Crippen LogP contribution in [0, 0.1) is 0 Å². The molecule has 0 saturated carbocycles. The average Bonchev–Trinajstić information content (AvgIpc) is 2.88. The first-order valence-electron chi connectivity index (χ1n) is 7.09. The van der Waals surface area contributed by atoms with E-state index < -0.39 is 5.97 Å². The predicted octanol–water partition coefficient (Wildman–Crippen LogP) is 2.22. The minimum absolute atomic E-state index is 0.154. The molecule has 1 saturated heterocycles. The van der Waals surface area contributed by atoms with Crippen LogP contribution in [-0.4, -0.2) is 22.7 Å². The van der Waals surface area contributed by atoms with Crippen LogP contribution in [0.2, 0.25) is 0 Å². The monoisotopic (exact) mass is 322 g/mol. The molecule has 7 heteroatoms. The predicted molar refractivity (Wildman–Crippen MR) is 90.7 cm³/mol. The van der Waals surface area contributed by atoms with Crippen LogP contribution < -0.4 is 15.9 Å². The van der Waals surface area contributed by atoms with Crippen molar-refractivity contribution >= 4 is 29.0 Å². The molecule has 0 unspecified atom stereocenters. The molecule has 3 N–H and O–H groups in total. The van der Waals surface area contributed by atoms with Crippen LogP contribution in [0.1, 0.15) is 10.4 Å². The summed E-state index contributed by atoms with van der Waals surface area (Å²) in [7, 11) is 0. The summed E-state index contributed by atoms with van der Waals surface area (Å²) < 4.78 is 0. The standard InChI is InChI=1S/C17H14N4O3/c1-11-15(16(22)21(20-11)14-5-3-2-4-6-14)19-18-13-9-7-12(8-10-13)17(23)24/h2-10,18,20H,1H2,(H,23,24). The summed E-state index contributed by atoms with van der Waals surface area (Å²) in [6, 6.07) is 15.1. The van der Waals surface area contributed by atoms with Crippen LogP contribution in [-0.2, 0) is 4.79 Å². The third-order valence-electron chi connectivity index (χ3n) is 3.38. The Hall–Kier alpha value is -3.61. The quantitative estimate of drug-likeness (QED) is 0.750. The van der Waals surface area contributed by atoms with E-state index in [1.807, 2.05) is 18.2 Å². The molecule has 1 fully saturated rings. The lowest BCUT2D eigenvalue weighted by Gasteiger charge is -2.14. The Labute approximate surface area is 137 Å². The number of nitrogens with zero attached hydrogens (tertiary/aromatic N) is 2. The highest BCUT2D eigenvalue weighted by molar-refractivity contribution is 6.51. The van der Waals surface area contributed by atoms with Crippen LogP contribution >= 0.6 is 0 Å². The van der Waals surface area contributed by atoms with E-state index in [1.165, 1.54) is 17.1 Å². The number of carbonyl (C=O) groups is 2. The van der Waals surface area contributed by atoms with Gasteiger partial charge in [0, 0.05) is 0 Å². The summed E-state index contributed by atoms with van der Waals surface area (Å²) >= 11 is 0. The lowest BCUT2D eigenvalue weighted by atomic mass is 10.2. The van der Waals surface area contributed by atoms with E-state index in [-0.39, 0.29) is 17.2 Å². The van der Waals surface area contributed by atoms with Crippen LogP contribution in [0.3, 0.4) is 0 Å². The third kappa shape index (κ3) is 2.95. The van der Waals surface area contributed by atoms with Gasteiger partial charge in [-0.15, -0.1) is 0 Å². The molecular formula is C17H14N4O3. The molecule has 24 heavy (non-hydrogen) atoms. The summed E-state index contributed by atoms with van der Waals surface area (Å²) in [5.41, 5.74) is 7.55. The van der Waals surface area contributed by atoms with E-state index in [0.29, 0.717) is 17.1 Å². The Bertz CT molecular complexity index is 829. The molecule has 0 atom stereocenters. The Morgan fingerprint density at radius 2 is 1.79 bits per heavy atom. The van der Waals surface area contributed by atoms with Gasteiger partial charge in [0.1, 0.15) is 0 Å². The van der Waals surface area contributed by atoms with Crippen LogP contribution in [0.4, 0.5) is 11.4 Å². The van der Waals surface area contributed by atoms with Crippen LogP contribution in [0.25, 0.3) is 0 Å². The SMILES string of the molecule is C=C1NN(c2ccccc2)C(=O)C1=NNc1ccc(C(=O)O)cc1. The van der Waals surface area contributed by atoms with Crippen molar-refractivity contribution in [2.45, 2.75) is 0 Å². The first-order valence-corrected chi connectivity index (χ1v) is 7.09. The summed E-state index contributed by atoms with van der Waals surface area (Å²) in [5.74, 6) is -1.34. The molecule has 2 aromatic rings. The maximum absolute atomic E-state index is 12.4. The minimum Gasteiger partial charge on any atom is -0.478 e. The van der Waals surface area contributed by atoms with Crippen molar-refractivity contribution in [1.29, 1.82) is 0 Å². The average molecular weight is 322 g/mol. The van der Waals surface area contributed by atoms with Gasteiger partial charge >= 0.3 is 5.97 Å². The Morgan fingerprint density at radius 1 is 1.12 bits per heavy atom.